The van der Waals surface area contributed by atoms with Crippen molar-refractivity contribution in [1.82, 2.24) is 24.5 Å². The smallest absolute Gasteiger partial charge is 0.276 e. The molecule has 0 bridgehead atoms. The second-order valence-corrected chi connectivity index (χ2v) is 8.21. The molecule has 1 aliphatic rings. The van der Waals surface area contributed by atoms with Crippen molar-refractivity contribution in [3.8, 4) is 0 Å². The molecule has 28 heavy (non-hydrogen) atoms. The summed E-state index contributed by atoms with van der Waals surface area (Å²) in [4.78, 5) is 22.6. The minimum atomic E-state index is -0.0962. The lowest BCUT2D eigenvalue weighted by atomic mass is 9.97. The van der Waals surface area contributed by atoms with E-state index in [1.807, 2.05) is 6.07 Å². The molecule has 1 fully saturated rings. The molecule has 6 heteroatoms. The fraction of sp³-hybridized carbons (Fsp3) is 0.500. The molecule has 148 valence electrons. The fourth-order valence-corrected chi connectivity index (χ4v) is 4.39. The van der Waals surface area contributed by atoms with E-state index >= 15 is 0 Å². The van der Waals surface area contributed by atoms with Crippen LogP contribution in [-0.4, -0.2) is 37.6 Å². The number of likely N-dealkylation sites (tertiary alicyclic amines) is 1. The molecule has 2 aromatic heterocycles. The molecule has 0 aliphatic carbocycles. The van der Waals surface area contributed by atoms with Gasteiger partial charge in [0, 0.05) is 31.5 Å². The summed E-state index contributed by atoms with van der Waals surface area (Å²) in [6, 6.07) is 10.5. The number of fused-ring (bicyclic) bond motifs is 1. The molecule has 4 rings (SSSR count). The largest absolute Gasteiger partial charge is 0.307 e. The number of nitrogens with zero attached hydrogens (tertiary/aromatic N) is 4. The number of hydrogen-bond donors (Lipinski definition) is 1. The molecule has 6 nitrogen and oxygen atoms in total. The molecule has 3 heterocycles. The molecule has 1 aliphatic heterocycles. The van der Waals surface area contributed by atoms with Crippen LogP contribution in [0.5, 0.6) is 0 Å². The van der Waals surface area contributed by atoms with Crippen LogP contribution in [0.1, 0.15) is 62.7 Å². The zero-order valence-corrected chi connectivity index (χ0v) is 16.9. The maximum Gasteiger partial charge on any atom is 0.276 e. The summed E-state index contributed by atoms with van der Waals surface area (Å²) in [6.07, 6.45) is 3.77. The van der Waals surface area contributed by atoms with E-state index in [1.54, 1.807) is 10.7 Å². The Morgan fingerprint density at radius 2 is 2.04 bits per heavy atom. The normalized spacial score (nSPS) is 21.4. The molecule has 1 aromatic carbocycles. The molecule has 0 radical (unpaired) electrons. The van der Waals surface area contributed by atoms with Crippen LogP contribution in [0.25, 0.3) is 5.52 Å². The van der Waals surface area contributed by atoms with Gasteiger partial charge in [0.2, 0.25) is 0 Å². The van der Waals surface area contributed by atoms with Gasteiger partial charge in [-0.25, -0.2) is 9.50 Å². The first-order chi connectivity index (χ1) is 13.6. The number of benzene rings is 1. The van der Waals surface area contributed by atoms with Crippen molar-refractivity contribution < 1.29 is 0 Å². The van der Waals surface area contributed by atoms with E-state index < -0.39 is 0 Å². The summed E-state index contributed by atoms with van der Waals surface area (Å²) in [7, 11) is 0. The third-order valence-corrected chi connectivity index (χ3v) is 5.90. The third kappa shape index (κ3) is 3.61. The predicted octanol–water partition coefficient (Wildman–Crippen LogP) is 3.56. The Morgan fingerprint density at radius 1 is 1.25 bits per heavy atom. The van der Waals surface area contributed by atoms with Gasteiger partial charge in [-0.15, -0.1) is 0 Å². The summed E-state index contributed by atoms with van der Waals surface area (Å²) in [5.41, 5.74) is 1.76. The molecule has 1 saturated heterocycles. The Balaban J connectivity index is 1.61. The van der Waals surface area contributed by atoms with Crippen molar-refractivity contribution >= 4 is 5.52 Å². The molecule has 3 unspecified atom stereocenters. The maximum absolute atomic E-state index is 12.7. The van der Waals surface area contributed by atoms with Crippen molar-refractivity contribution in [2.24, 2.45) is 5.92 Å². The van der Waals surface area contributed by atoms with Gasteiger partial charge >= 0.3 is 0 Å². The zero-order valence-electron chi connectivity index (χ0n) is 16.9. The summed E-state index contributed by atoms with van der Waals surface area (Å²) in [6.45, 7) is 9.40. The Morgan fingerprint density at radius 3 is 2.79 bits per heavy atom. The lowest BCUT2D eigenvalue weighted by Gasteiger charge is -2.16. The highest BCUT2D eigenvalue weighted by Gasteiger charge is 2.33. The molecule has 0 saturated carbocycles. The number of rotatable bonds is 6. The Hall–Kier alpha value is -2.47. The Kier molecular flexibility index (Phi) is 5.31. The van der Waals surface area contributed by atoms with Gasteiger partial charge in [0.15, 0.2) is 5.52 Å². The predicted molar refractivity (Wildman–Crippen MR) is 111 cm³/mol. The van der Waals surface area contributed by atoms with Gasteiger partial charge in [-0.05, 0) is 17.9 Å². The van der Waals surface area contributed by atoms with Crippen molar-refractivity contribution in [1.29, 1.82) is 0 Å². The summed E-state index contributed by atoms with van der Waals surface area (Å²) in [5.74, 6) is 2.60. The summed E-state index contributed by atoms with van der Waals surface area (Å²) in [5, 5.41) is 4.85. The van der Waals surface area contributed by atoms with E-state index in [4.69, 9.17) is 5.10 Å². The first kappa shape index (κ1) is 18.9. The number of H-pyrrole nitrogens is 1. The van der Waals surface area contributed by atoms with Crippen LogP contribution in [0.4, 0.5) is 0 Å². The van der Waals surface area contributed by atoms with Gasteiger partial charge in [0.25, 0.3) is 5.56 Å². The summed E-state index contributed by atoms with van der Waals surface area (Å²) >= 11 is 0. The van der Waals surface area contributed by atoms with Crippen molar-refractivity contribution in [2.75, 3.05) is 13.1 Å². The standard InChI is InChI=1S/C22H29N5O/c1-4-8-15(2)21-23-11-19-22(28)24-20(25-27(19)21)18-14-26(12-16(18)3)13-17-9-6-5-7-10-17/h5-7,9-11,15-16,18H,4,8,12-14H2,1-3H3,(H,24,25,28). The molecule has 0 amide bonds. The van der Waals surface area contributed by atoms with E-state index in [9.17, 15) is 4.79 Å². The van der Waals surface area contributed by atoms with E-state index in [0.29, 0.717) is 11.4 Å². The van der Waals surface area contributed by atoms with Gasteiger partial charge in [0.05, 0.1) is 6.20 Å². The SMILES string of the molecule is CCCC(C)c1ncc2c(=O)[nH]c(C3CN(Cc4ccccc4)CC3C)nn12. The average Bonchev–Trinajstić information content (AvgIpc) is 3.26. The van der Waals surface area contributed by atoms with Gasteiger partial charge in [0.1, 0.15) is 11.6 Å². The minimum Gasteiger partial charge on any atom is -0.307 e. The topological polar surface area (TPSA) is 66.3 Å². The van der Waals surface area contributed by atoms with Crippen molar-refractivity contribution in [2.45, 2.75) is 52.0 Å². The van der Waals surface area contributed by atoms with Crippen LogP contribution in [0, 0.1) is 5.92 Å². The first-order valence-corrected chi connectivity index (χ1v) is 10.3. The number of aromatic amines is 1. The lowest BCUT2D eigenvalue weighted by Crippen LogP contribution is -2.23. The van der Waals surface area contributed by atoms with Crippen LogP contribution >= 0.6 is 0 Å². The number of hydrogen-bond acceptors (Lipinski definition) is 4. The molecule has 0 spiro atoms. The third-order valence-electron chi connectivity index (χ3n) is 5.90. The molecule has 3 atom stereocenters. The second-order valence-electron chi connectivity index (χ2n) is 8.21. The highest BCUT2D eigenvalue weighted by molar-refractivity contribution is 5.42. The molecular formula is C22H29N5O. The Labute approximate surface area is 165 Å². The van der Waals surface area contributed by atoms with Gasteiger partial charge in [-0.2, -0.15) is 5.10 Å². The molecule has 1 N–H and O–H groups in total. The van der Waals surface area contributed by atoms with Gasteiger partial charge in [-0.3, -0.25) is 9.69 Å². The number of nitrogens with one attached hydrogen (secondary N) is 1. The Bertz CT molecular complexity index is 993. The zero-order chi connectivity index (χ0) is 19.7. The lowest BCUT2D eigenvalue weighted by molar-refractivity contribution is 0.318. The summed E-state index contributed by atoms with van der Waals surface area (Å²) < 4.78 is 1.78. The van der Waals surface area contributed by atoms with Crippen LogP contribution in [0.15, 0.2) is 41.3 Å². The molecule has 3 aromatic rings. The second kappa shape index (κ2) is 7.87. The average molecular weight is 380 g/mol. The number of imidazole rings is 1. The van der Waals surface area contributed by atoms with Crippen LogP contribution in [0.3, 0.4) is 0 Å². The minimum absolute atomic E-state index is 0.0962. The van der Waals surface area contributed by atoms with E-state index in [1.165, 1.54) is 5.56 Å². The van der Waals surface area contributed by atoms with E-state index in [-0.39, 0.29) is 17.4 Å². The quantitative estimate of drug-likeness (QED) is 0.711. The first-order valence-electron chi connectivity index (χ1n) is 10.3. The molecular weight excluding hydrogens is 350 g/mol. The van der Waals surface area contributed by atoms with Crippen molar-refractivity contribution in [3.63, 3.8) is 0 Å². The van der Waals surface area contributed by atoms with Gasteiger partial charge < -0.3 is 4.98 Å². The number of aromatic nitrogens is 4. The van der Waals surface area contributed by atoms with Crippen LogP contribution in [-0.2, 0) is 6.54 Å². The highest BCUT2D eigenvalue weighted by Crippen LogP contribution is 2.31. The maximum atomic E-state index is 12.7. The van der Waals surface area contributed by atoms with Gasteiger partial charge in [-0.1, -0.05) is 57.5 Å². The van der Waals surface area contributed by atoms with Crippen LogP contribution < -0.4 is 5.56 Å². The van der Waals surface area contributed by atoms with E-state index in [0.717, 1.165) is 44.1 Å². The van der Waals surface area contributed by atoms with Crippen molar-refractivity contribution in [3.05, 3.63) is 64.1 Å². The van der Waals surface area contributed by atoms with E-state index in [2.05, 4.69) is 59.9 Å². The fourth-order valence-electron chi connectivity index (χ4n) is 4.39. The highest BCUT2D eigenvalue weighted by atomic mass is 16.1. The monoisotopic (exact) mass is 379 g/mol. The van der Waals surface area contributed by atoms with Crippen LogP contribution in [0.2, 0.25) is 0 Å².